The van der Waals surface area contributed by atoms with Gasteiger partial charge in [0.05, 0.1) is 6.54 Å². The van der Waals surface area contributed by atoms with Gasteiger partial charge >= 0.3 is 0 Å². The monoisotopic (exact) mass is 453 g/mol. The van der Waals surface area contributed by atoms with Gasteiger partial charge in [-0.3, -0.25) is 14.5 Å². The summed E-state index contributed by atoms with van der Waals surface area (Å²) in [5, 5.41) is 7.16. The summed E-state index contributed by atoms with van der Waals surface area (Å²) in [5.41, 5.74) is 2.33. The Bertz CT molecular complexity index is 955. The van der Waals surface area contributed by atoms with Gasteiger partial charge in [0.25, 0.3) is 0 Å². The van der Waals surface area contributed by atoms with Gasteiger partial charge in [-0.05, 0) is 43.3 Å². The van der Waals surface area contributed by atoms with Crippen LogP contribution in [0.4, 0.5) is 0 Å². The van der Waals surface area contributed by atoms with Crippen LogP contribution in [0, 0.1) is 5.92 Å². The van der Waals surface area contributed by atoms with Crippen molar-refractivity contribution >= 4 is 11.8 Å². The number of carbonyl (C=O) groups excluding carboxylic acids is 2. The fourth-order valence-electron chi connectivity index (χ4n) is 4.50. The number of aromatic nitrogens is 2. The lowest BCUT2D eigenvalue weighted by atomic mass is 9.87. The third-order valence-electron chi connectivity index (χ3n) is 6.65. The van der Waals surface area contributed by atoms with E-state index < -0.39 is 0 Å². The molecule has 8 heteroatoms. The molecule has 0 radical (unpaired) electrons. The van der Waals surface area contributed by atoms with Crippen molar-refractivity contribution in [2.75, 3.05) is 32.7 Å². The predicted molar refractivity (Wildman–Crippen MR) is 125 cm³/mol. The minimum Gasteiger partial charge on any atom is -0.354 e. The van der Waals surface area contributed by atoms with Gasteiger partial charge in [0, 0.05) is 37.5 Å². The number of nitrogens with one attached hydrogen (secondary N) is 1. The highest BCUT2D eigenvalue weighted by molar-refractivity contribution is 5.79. The van der Waals surface area contributed by atoms with E-state index in [1.165, 1.54) is 5.56 Å². The van der Waals surface area contributed by atoms with Crippen LogP contribution in [0.2, 0.25) is 0 Å². The summed E-state index contributed by atoms with van der Waals surface area (Å²) >= 11 is 0. The van der Waals surface area contributed by atoms with Gasteiger partial charge < -0.3 is 14.7 Å². The number of nitrogens with zero attached hydrogens (tertiary/aromatic N) is 4. The minimum absolute atomic E-state index is 0.0232. The first-order valence-corrected chi connectivity index (χ1v) is 12.0. The maximum Gasteiger partial charge on any atom is 0.241 e. The highest BCUT2D eigenvalue weighted by Gasteiger charge is 2.26. The molecule has 1 aromatic carbocycles. The van der Waals surface area contributed by atoms with Crippen LogP contribution in [0.5, 0.6) is 0 Å². The van der Waals surface area contributed by atoms with Gasteiger partial charge in [0.15, 0.2) is 0 Å². The molecular formula is C25H35N5O3. The number of rotatable bonds is 7. The number of hydrogen-bond donors (Lipinski definition) is 1. The van der Waals surface area contributed by atoms with Gasteiger partial charge in [-0.25, -0.2) is 0 Å². The zero-order valence-corrected chi connectivity index (χ0v) is 20.0. The molecule has 2 saturated heterocycles. The molecule has 178 valence electrons. The molecule has 2 aromatic rings. The largest absolute Gasteiger partial charge is 0.354 e. The maximum atomic E-state index is 12.5. The normalized spacial score (nSPS) is 18.2. The van der Waals surface area contributed by atoms with Crippen molar-refractivity contribution in [2.24, 2.45) is 5.92 Å². The molecule has 1 N–H and O–H groups in total. The third kappa shape index (κ3) is 5.99. The van der Waals surface area contributed by atoms with E-state index in [1.807, 2.05) is 17.0 Å². The fraction of sp³-hybridized carbons (Fsp3) is 0.600. The zero-order chi connectivity index (χ0) is 23.4. The van der Waals surface area contributed by atoms with E-state index in [0.717, 1.165) is 44.5 Å². The smallest absolute Gasteiger partial charge is 0.241 e. The summed E-state index contributed by atoms with van der Waals surface area (Å²) in [6, 6.07) is 8.31. The topological polar surface area (TPSA) is 91.6 Å². The Balaban J connectivity index is 1.21. The molecule has 0 spiro atoms. The summed E-state index contributed by atoms with van der Waals surface area (Å²) in [5.74, 6) is 1.53. The van der Waals surface area contributed by atoms with E-state index in [-0.39, 0.29) is 23.1 Å². The summed E-state index contributed by atoms with van der Waals surface area (Å²) in [7, 11) is 0. The summed E-state index contributed by atoms with van der Waals surface area (Å²) < 4.78 is 5.49. The van der Waals surface area contributed by atoms with Crippen LogP contribution in [0.25, 0.3) is 11.4 Å². The van der Waals surface area contributed by atoms with Gasteiger partial charge in [-0.15, -0.1) is 0 Å². The summed E-state index contributed by atoms with van der Waals surface area (Å²) in [6.07, 6.45) is 3.18. The molecular weight excluding hydrogens is 418 g/mol. The number of likely N-dealkylation sites (tertiary alicyclic amines) is 2. The van der Waals surface area contributed by atoms with E-state index >= 15 is 0 Å². The van der Waals surface area contributed by atoms with Crippen molar-refractivity contribution < 1.29 is 14.1 Å². The lowest BCUT2D eigenvalue weighted by Crippen LogP contribution is -2.42. The molecule has 0 atom stereocenters. The van der Waals surface area contributed by atoms with E-state index in [1.54, 1.807) is 0 Å². The third-order valence-corrected chi connectivity index (χ3v) is 6.65. The fourth-order valence-corrected chi connectivity index (χ4v) is 4.50. The van der Waals surface area contributed by atoms with Crippen LogP contribution >= 0.6 is 0 Å². The standard InChI is InChI=1S/C25H35N5O3/c1-25(2,3)20-8-6-18(7-9-20)23-27-21(33-28-23)17-29-14-10-19(11-15-29)24(32)26-12-16-30-13-4-5-22(30)31/h6-9,19H,4-5,10-17H2,1-3H3,(H,26,32). The van der Waals surface area contributed by atoms with Crippen molar-refractivity contribution in [3.8, 4) is 11.4 Å². The second kappa shape index (κ2) is 10.0. The molecule has 33 heavy (non-hydrogen) atoms. The molecule has 2 amide bonds. The van der Waals surface area contributed by atoms with Gasteiger partial charge in [-0.1, -0.05) is 50.2 Å². The first-order valence-electron chi connectivity index (χ1n) is 12.0. The van der Waals surface area contributed by atoms with Crippen LogP contribution in [0.1, 0.15) is 57.9 Å². The summed E-state index contributed by atoms with van der Waals surface area (Å²) in [6.45, 7) is 10.8. The minimum atomic E-state index is 0.0232. The maximum absolute atomic E-state index is 12.5. The quantitative estimate of drug-likeness (QED) is 0.693. The molecule has 0 bridgehead atoms. The van der Waals surface area contributed by atoms with Crippen molar-refractivity contribution in [3.63, 3.8) is 0 Å². The lowest BCUT2D eigenvalue weighted by molar-refractivity contribution is -0.129. The Kier molecular flexibility index (Phi) is 7.12. The number of piperidine rings is 1. The average Bonchev–Trinajstić information content (AvgIpc) is 3.43. The number of carbonyl (C=O) groups is 2. The van der Waals surface area contributed by atoms with E-state index in [0.29, 0.717) is 37.8 Å². The Morgan fingerprint density at radius 2 is 1.88 bits per heavy atom. The van der Waals surface area contributed by atoms with Crippen LogP contribution < -0.4 is 5.32 Å². The highest BCUT2D eigenvalue weighted by atomic mass is 16.5. The van der Waals surface area contributed by atoms with Crippen LogP contribution in [0.3, 0.4) is 0 Å². The van der Waals surface area contributed by atoms with Crippen molar-refractivity contribution in [1.82, 2.24) is 25.3 Å². The molecule has 4 rings (SSSR count). The molecule has 3 heterocycles. The summed E-state index contributed by atoms with van der Waals surface area (Å²) in [4.78, 5) is 32.8. The average molecular weight is 454 g/mol. The van der Waals surface area contributed by atoms with Crippen molar-refractivity contribution in [1.29, 1.82) is 0 Å². The van der Waals surface area contributed by atoms with Crippen LogP contribution in [0.15, 0.2) is 28.8 Å². The first-order chi connectivity index (χ1) is 15.8. The molecule has 0 saturated carbocycles. The Morgan fingerprint density at radius 1 is 1.15 bits per heavy atom. The van der Waals surface area contributed by atoms with E-state index in [2.05, 4.69) is 53.3 Å². The Labute approximate surface area is 195 Å². The molecule has 8 nitrogen and oxygen atoms in total. The first kappa shape index (κ1) is 23.4. The Morgan fingerprint density at radius 3 is 2.52 bits per heavy atom. The molecule has 0 unspecified atom stereocenters. The van der Waals surface area contributed by atoms with Gasteiger partial charge in [-0.2, -0.15) is 4.98 Å². The molecule has 2 fully saturated rings. The SMILES string of the molecule is CC(C)(C)c1ccc(-c2noc(CN3CCC(C(=O)NCCN4CCCC4=O)CC3)n2)cc1. The molecule has 2 aliphatic rings. The number of amides is 2. The van der Waals surface area contributed by atoms with Crippen LogP contribution in [-0.4, -0.2) is 64.5 Å². The predicted octanol–water partition coefficient (Wildman–Crippen LogP) is 2.98. The highest BCUT2D eigenvalue weighted by Crippen LogP contribution is 2.25. The molecule has 0 aliphatic carbocycles. The zero-order valence-electron chi connectivity index (χ0n) is 20.0. The Hall–Kier alpha value is -2.74. The van der Waals surface area contributed by atoms with Gasteiger partial charge in [0.2, 0.25) is 23.5 Å². The van der Waals surface area contributed by atoms with E-state index in [9.17, 15) is 9.59 Å². The van der Waals surface area contributed by atoms with Crippen molar-refractivity contribution in [2.45, 2.75) is 58.4 Å². The number of benzene rings is 1. The number of hydrogen-bond acceptors (Lipinski definition) is 6. The second-order valence-electron chi connectivity index (χ2n) is 10.2. The van der Waals surface area contributed by atoms with Gasteiger partial charge in [0.1, 0.15) is 0 Å². The van der Waals surface area contributed by atoms with E-state index in [4.69, 9.17) is 4.52 Å². The van der Waals surface area contributed by atoms with Crippen LogP contribution in [-0.2, 0) is 21.5 Å². The molecule has 1 aromatic heterocycles. The lowest BCUT2D eigenvalue weighted by Gasteiger charge is -2.30. The molecule has 2 aliphatic heterocycles. The second-order valence-corrected chi connectivity index (χ2v) is 10.2. The van der Waals surface area contributed by atoms with Crippen molar-refractivity contribution in [3.05, 3.63) is 35.7 Å².